The van der Waals surface area contributed by atoms with Crippen molar-refractivity contribution >= 4 is 5.91 Å². The maximum atomic E-state index is 12.0. The molecule has 7 heteroatoms. The van der Waals surface area contributed by atoms with Crippen molar-refractivity contribution in [2.24, 2.45) is 7.05 Å². The fourth-order valence-corrected chi connectivity index (χ4v) is 2.74. The average Bonchev–Trinajstić information content (AvgIpc) is 3.08. The molecule has 7 nitrogen and oxygen atoms in total. The van der Waals surface area contributed by atoms with Crippen LogP contribution in [0.25, 0.3) is 0 Å². The SMILES string of the molecule is Cn1nccc1CCC(=O)N[C@H]1C[C@@H](O)[C@@H]1n1cccn1. The van der Waals surface area contributed by atoms with E-state index in [2.05, 4.69) is 15.5 Å². The molecule has 1 amide bonds. The molecule has 2 N–H and O–H groups in total. The van der Waals surface area contributed by atoms with Crippen LogP contribution in [0, 0.1) is 0 Å². The Kier molecular flexibility index (Phi) is 3.74. The van der Waals surface area contributed by atoms with Crippen LogP contribution >= 0.6 is 0 Å². The molecular weight excluding hydrogens is 270 g/mol. The third-order valence-corrected chi connectivity index (χ3v) is 4.01. The number of nitrogens with one attached hydrogen (secondary N) is 1. The van der Waals surface area contributed by atoms with Crippen molar-refractivity contribution in [2.45, 2.75) is 37.5 Å². The Balaban J connectivity index is 1.52. The number of carbonyl (C=O) groups excluding carboxylic acids is 1. The van der Waals surface area contributed by atoms with Crippen LogP contribution in [-0.4, -0.2) is 42.7 Å². The van der Waals surface area contributed by atoms with Crippen LogP contribution in [0.2, 0.25) is 0 Å². The number of hydrogen-bond acceptors (Lipinski definition) is 4. The molecule has 0 aliphatic heterocycles. The second kappa shape index (κ2) is 5.69. The number of rotatable bonds is 5. The number of aliphatic hydroxyl groups is 1. The zero-order chi connectivity index (χ0) is 14.8. The van der Waals surface area contributed by atoms with E-state index in [1.165, 1.54) is 0 Å². The average molecular weight is 289 g/mol. The van der Waals surface area contributed by atoms with Crippen LogP contribution in [0.5, 0.6) is 0 Å². The van der Waals surface area contributed by atoms with Gasteiger partial charge in [-0.25, -0.2) is 0 Å². The molecule has 3 atom stereocenters. The van der Waals surface area contributed by atoms with Crippen LogP contribution in [-0.2, 0) is 18.3 Å². The first kappa shape index (κ1) is 13.8. The molecule has 0 unspecified atom stereocenters. The van der Waals surface area contributed by atoms with E-state index >= 15 is 0 Å². The van der Waals surface area contributed by atoms with E-state index in [0.29, 0.717) is 19.3 Å². The molecule has 0 bridgehead atoms. The summed E-state index contributed by atoms with van der Waals surface area (Å²) < 4.78 is 3.48. The maximum absolute atomic E-state index is 12.0. The topological polar surface area (TPSA) is 85.0 Å². The lowest BCUT2D eigenvalue weighted by Gasteiger charge is -2.41. The van der Waals surface area contributed by atoms with Gasteiger partial charge in [-0.1, -0.05) is 0 Å². The Bertz CT molecular complexity index is 607. The monoisotopic (exact) mass is 289 g/mol. The molecule has 112 valence electrons. The Hall–Kier alpha value is -2.15. The van der Waals surface area contributed by atoms with Crippen molar-refractivity contribution in [1.29, 1.82) is 0 Å². The number of carbonyl (C=O) groups is 1. The summed E-state index contributed by atoms with van der Waals surface area (Å²) in [6.45, 7) is 0. The molecule has 2 aromatic rings. The Morgan fingerprint density at radius 3 is 2.95 bits per heavy atom. The van der Waals surface area contributed by atoms with E-state index in [4.69, 9.17) is 0 Å². The predicted molar refractivity (Wildman–Crippen MR) is 75.3 cm³/mol. The van der Waals surface area contributed by atoms with Crippen molar-refractivity contribution in [2.75, 3.05) is 0 Å². The summed E-state index contributed by atoms with van der Waals surface area (Å²) in [4.78, 5) is 12.0. The van der Waals surface area contributed by atoms with E-state index in [1.54, 1.807) is 21.8 Å². The van der Waals surface area contributed by atoms with Crippen LogP contribution in [0.4, 0.5) is 0 Å². The molecule has 0 saturated heterocycles. The highest BCUT2D eigenvalue weighted by Gasteiger charge is 2.42. The number of nitrogens with zero attached hydrogens (tertiary/aromatic N) is 4. The predicted octanol–water partition coefficient (Wildman–Crippen LogP) is 0.0399. The molecule has 1 aliphatic carbocycles. The zero-order valence-corrected chi connectivity index (χ0v) is 11.9. The molecule has 21 heavy (non-hydrogen) atoms. The number of aryl methyl sites for hydroxylation is 2. The van der Waals surface area contributed by atoms with Crippen molar-refractivity contribution in [1.82, 2.24) is 24.9 Å². The smallest absolute Gasteiger partial charge is 0.220 e. The minimum atomic E-state index is -0.452. The first-order valence-electron chi connectivity index (χ1n) is 7.08. The minimum absolute atomic E-state index is 0.00902. The van der Waals surface area contributed by atoms with Gasteiger partial charge in [0, 0.05) is 37.8 Å². The van der Waals surface area contributed by atoms with Gasteiger partial charge in [-0.2, -0.15) is 10.2 Å². The summed E-state index contributed by atoms with van der Waals surface area (Å²) in [6.07, 6.45) is 6.40. The summed E-state index contributed by atoms with van der Waals surface area (Å²) in [5.74, 6) is -0.00902. The van der Waals surface area contributed by atoms with Crippen LogP contribution in [0.1, 0.15) is 24.6 Å². The second-order valence-electron chi connectivity index (χ2n) is 5.40. The quantitative estimate of drug-likeness (QED) is 0.814. The zero-order valence-electron chi connectivity index (χ0n) is 11.9. The number of aliphatic hydroxyl groups excluding tert-OH is 1. The van der Waals surface area contributed by atoms with Gasteiger partial charge >= 0.3 is 0 Å². The van der Waals surface area contributed by atoms with Crippen LogP contribution in [0.15, 0.2) is 30.7 Å². The van der Waals surface area contributed by atoms with E-state index in [-0.39, 0.29) is 18.0 Å². The van der Waals surface area contributed by atoms with E-state index in [9.17, 15) is 9.90 Å². The standard InChI is InChI=1S/C14H19N5O2/c1-18-10(5-7-15-18)3-4-13(21)17-11-9-12(20)14(11)19-8-2-6-16-19/h2,5-8,11-12,14,20H,3-4,9H2,1H3,(H,17,21)/t11-,12+,14+/m0/s1. The highest BCUT2D eigenvalue weighted by Crippen LogP contribution is 2.32. The minimum Gasteiger partial charge on any atom is -0.391 e. The van der Waals surface area contributed by atoms with Crippen molar-refractivity contribution in [3.63, 3.8) is 0 Å². The fourth-order valence-electron chi connectivity index (χ4n) is 2.74. The van der Waals surface area contributed by atoms with Crippen molar-refractivity contribution in [3.8, 4) is 0 Å². The molecule has 0 aromatic carbocycles. The van der Waals surface area contributed by atoms with Gasteiger partial charge in [0.15, 0.2) is 0 Å². The van der Waals surface area contributed by atoms with E-state index in [0.717, 1.165) is 5.69 Å². The molecule has 1 fully saturated rings. The molecule has 3 rings (SSSR count). The van der Waals surface area contributed by atoms with Crippen molar-refractivity contribution < 1.29 is 9.90 Å². The third kappa shape index (κ3) is 2.82. The Labute approximate surface area is 122 Å². The number of hydrogen-bond donors (Lipinski definition) is 2. The van der Waals surface area contributed by atoms with Gasteiger partial charge in [0.05, 0.1) is 18.2 Å². The molecule has 2 aromatic heterocycles. The summed E-state index contributed by atoms with van der Waals surface area (Å²) in [7, 11) is 1.86. The van der Waals surface area contributed by atoms with Gasteiger partial charge in [-0.3, -0.25) is 14.2 Å². The van der Waals surface area contributed by atoms with Gasteiger partial charge in [0.25, 0.3) is 0 Å². The lowest BCUT2D eigenvalue weighted by molar-refractivity contribution is -0.124. The first-order valence-corrected chi connectivity index (χ1v) is 7.08. The number of amides is 1. The molecule has 1 aliphatic rings. The molecule has 2 heterocycles. The fraction of sp³-hybridized carbons (Fsp3) is 0.500. The molecule has 0 spiro atoms. The van der Waals surface area contributed by atoms with E-state index in [1.807, 2.05) is 25.4 Å². The second-order valence-corrected chi connectivity index (χ2v) is 5.40. The summed E-state index contributed by atoms with van der Waals surface area (Å²) >= 11 is 0. The summed E-state index contributed by atoms with van der Waals surface area (Å²) in [6, 6.07) is 3.50. The lowest BCUT2D eigenvalue weighted by atomic mass is 9.83. The molecule has 0 radical (unpaired) electrons. The Morgan fingerprint density at radius 1 is 1.48 bits per heavy atom. The highest BCUT2D eigenvalue weighted by atomic mass is 16.3. The largest absolute Gasteiger partial charge is 0.391 e. The first-order chi connectivity index (χ1) is 10.1. The van der Waals surface area contributed by atoms with Gasteiger partial charge in [0.1, 0.15) is 0 Å². The van der Waals surface area contributed by atoms with E-state index < -0.39 is 6.10 Å². The maximum Gasteiger partial charge on any atom is 0.220 e. The highest BCUT2D eigenvalue weighted by molar-refractivity contribution is 5.76. The van der Waals surface area contributed by atoms with Gasteiger partial charge in [-0.05, 0) is 25.0 Å². The normalized spacial score (nSPS) is 24.6. The Morgan fingerprint density at radius 2 is 2.33 bits per heavy atom. The third-order valence-electron chi connectivity index (χ3n) is 4.01. The van der Waals surface area contributed by atoms with Crippen molar-refractivity contribution in [3.05, 3.63) is 36.4 Å². The molecular formula is C14H19N5O2. The summed E-state index contributed by atoms with van der Waals surface area (Å²) in [5, 5.41) is 21.1. The van der Waals surface area contributed by atoms with Crippen LogP contribution in [0.3, 0.4) is 0 Å². The van der Waals surface area contributed by atoms with Gasteiger partial charge < -0.3 is 10.4 Å². The lowest BCUT2D eigenvalue weighted by Crippen LogP contribution is -2.56. The molecule has 1 saturated carbocycles. The summed E-state index contributed by atoms with van der Waals surface area (Å²) in [5.41, 5.74) is 1.03. The number of aromatic nitrogens is 4. The van der Waals surface area contributed by atoms with Crippen LogP contribution < -0.4 is 5.32 Å². The van der Waals surface area contributed by atoms with Gasteiger partial charge in [-0.15, -0.1) is 0 Å². The van der Waals surface area contributed by atoms with Gasteiger partial charge in [0.2, 0.25) is 5.91 Å².